The van der Waals surface area contributed by atoms with E-state index in [1.54, 1.807) is 60.7 Å². The first-order valence-electron chi connectivity index (χ1n) is 8.84. The Morgan fingerprint density at radius 3 is 2.31 bits per heavy atom. The third kappa shape index (κ3) is 3.84. The Morgan fingerprint density at radius 1 is 0.828 bits per heavy atom. The SMILES string of the molecule is N#Cc1cccc(Oc2ccc(NC3=C(c4ccccc4)C(=O)NC3=O)cc2)c1. The Balaban J connectivity index is 1.56. The lowest BCUT2D eigenvalue weighted by atomic mass is 10.0. The van der Waals surface area contributed by atoms with Gasteiger partial charge in [-0.25, -0.2) is 0 Å². The molecule has 1 heterocycles. The number of carbonyl (C=O) groups excluding carboxylic acids is 2. The third-order valence-corrected chi connectivity index (χ3v) is 4.32. The van der Waals surface area contributed by atoms with Crippen LogP contribution in [0.15, 0.2) is 84.6 Å². The Kier molecular flexibility index (Phi) is 4.79. The zero-order valence-corrected chi connectivity index (χ0v) is 15.2. The van der Waals surface area contributed by atoms with E-state index in [4.69, 9.17) is 10.00 Å². The van der Waals surface area contributed by atoms with E-state index in [1.807, 2.05) is 18.2 Å². The van der Waals surface area contributed by atoms with Gasteiger partial charge in [-0.05, 0) is 48.0 Å². The Bertz CT molecular complexity index is 1160. The highest BCUT2D eigenvalue weighted by molar-refractivity contribution is 6.36. The first-order chi connectivity index (χ1) is 14.1. The van der Waals surface area contributed by atoms with Crippen molar-refractivity contribution in [3.63, 3.8) is 0 Å². The van der Waals surface area contributed by atoms with Crippen LogP contribution in [0, 0.1) is 11.3 Å². The summed E-state index contributed by atoms with van der Waals surface area (Å²) in [6, 6.07) is 24.9. The molecule has 0 spiro atoms. The molecule has 140 valence electrons. The summed E-state index contributed by atoms with van der Waals surface area (Å²) >= 11 is 0. The number of hydrogen-bond acceptors (Lipinski definition) is 5. The molecule has 6 nitrogen and oxygen atoms in total. The van der Waals surface area contributed by atoms with E-state index < -0.39 is 11.8 Å². The summed E-state index contributed by atoms with van der Waals surface area (Å²) < 4.78 is 5.75. The van der Waals surface area contributed by atoms with Gasteiger partial charge in [-0.15, -0.1) is 0 Å². The van der Waals surface area contributed by atoms with Gasteiger partial charge in [0.25, 0.3) is 11.8 Å². The molecule has 0 atom stereocenters. The molecule has 0 radical (unpaired) electrons. The van der Waals surface area contributed by atoms with Crippen molar-refractivity contribution in [1.82, 2.24) is 5.32 Å². The summed E-state index contributed by atoms with van der Waals surface area (Å²) in [6.07, 6.45) is 0. The minimum atomic E-state index is -0.470. The number of hydrogen-bond donors (Lipinski definition) is 2. The smallest absolute Gasteiger partial charge is 0.275 e. The van der Waals surface area contributed by atoms with Crippen LogP contribution < -0.4 is 15.4 Å². The molecule has 29 heavy (non-hydrogen) atoms. The summed E-state index contributed by atoms with van der Waals surface area (Å²) in [5.41, 5.74) is 2.32. The molecule has 2 amide bonds. The number of carbonyl (C=O) groups is 2. The highest BCUT2D eigenvalue weighted by Crippen LogP contribution is 2.27. The number of amides is 2. The molecular formula is C23H15N3O3. The van der Waals surface area contributed by atoms with Crippen LogP contribution >= 0.6 is 0 Å². The maximum atomic E-state index is 12.2. The number of anilines is 1. The van der Waals surface area contributed by atoms with Crippen LogP contribution in [0.3, 0.4) is 0 Å². The fraction of sp³-hybridized carbons (Fsp3) is 0. The van der Waals surface area contributed by atoms with E-state index in [0.717, 1.165) is 0 Å². The van der Waals surface area contributed by atoms with Gasteiger partial charge in [0.05, 0.1) is 17.2 Å². The van der Waals surface area contributed by atoms with Crippen molar-refractivity contribution >= 4 is 23.1 Å². The van der Waals surface area contributed by atoms with Gasteiger partial charge in [0.2, 0.25) is 0 Å². The van der Waals surface area contributed by atoms with Crippen LogP contribution in [-0.4, -0.2) is 11.8 Å². The minimum Gasteiger partial charge on any atom is -0.457 e. The minimum absolute atomic E-state index is 0.205. The lowest BCUT2D eigenvalue weighted by Gasteiger charge is -2.10. The monoisotopic (exact) mass is 381 g/mol. The molecule has 1 aliphatic rings. The molecule has 4 rings (SSSR count). The maximum Gasteiger partial charge on any atom is 0.275 e. The van der Waals surface area contributed by atoms with Gasteiger partial charge in [-0.1, -0.05) is 36.4 Å². The molecule has 0 aliphatic carbocycles. The molecule has 3 aromatic rings. The number of imide groups is 1. The van der Waals surface area contributed by atoms with Crippen LogP contribution in [0.1, 0.15) is 11.1 Å². The Morgan fingerprint density at radius 2 is 1.59 bits per heavy atom. The molecule has 1 aliphatic heterocycles. The second-order valence-corrected chi connectivity index (χ2v) is 6.29. The molecule has 0 unspecified atom stereocenters. The van der Waals surface area contributed by atoms with Crippen LogP contribution in [0.4, 0.5) is 5.69 Å². The van der Waals surface area contributed by atoms with Crippen LogP contribution in [0.2, 0.25) is 0 Å². The fourth-order valence-electron chi connectivity index (χ4n) is 2.97. The largest absolute Gasteiger partial charge is 0.457 e. The molecule has 0 saturated carbocycles. The number of nitrogens with one attached hydrogen (secondary N) is 2. The summed E-state index contributed by atoms with van der Waals surface area (Å²) in [4.78, 5) is 24.5. The van der Waals surface area contributed by atoms with Crippen LogP contribution in [0.25, 0.3) is 5.57 Å². The van der Waals surface area contributed by atoms with E-state index in [-0.39, 0.29) is 5.70 Å². The van der Waals surface area contributed by atoms with Crippen molar-refractivity contribution < 1.29 is 14.3 Å². The first kappa shape index (κ1) is 18.0. The van der Waals surface area contributed by atoms with Crippen molar-refractivity contribution in [2.45, 2.75) is 0 Å². The Labute approximate surface area is 167 Å². The predicted octanol–water partition coefficient (Wildman–Crippen LogP) is 3.83. The topological polar surface area (TPSA) is 91.2 Å². The molecule has 3 aromatic carbocycles. The van der Waals surface area contributed by atoms with Crippen molar-refractivity contribution in [2.75, 3.05) is 5.32 Å². The summed E-state index contributed by atoms with van der Waals surface area (Å²) in [5, 5.41) is 14.3. The number of rotatable bonds is 5. The first-order valence-corrected chi connectivity index (χ1v) is 8.84. The van der Waals surface area contributed by atoms with Gasteiger partial charge in [0, 0.05) is 5.69 Å². The second kappa shape index (κ2) is 7.71. The summed E-state index contributed by atoms with van der Waals surface area (Å²) in [7, 11) is 0. The molecule has 0 bridgehead atoms. The number of nitrogens with zero attached hydrogens (tertiary/aromatic N) is 1. The highest BCUT2D eigenvalue weighted by atomic mass is 16.5. The van der Waals surface area contributed by atoms with Gasteiger partial charge in [-0.3, -0.25) is 14.9 Å². The molecular weight excluding hydrogens is 366 g/mol. The highest BCUT2D eigenvalue weighted by Gasteiger charge is 2.31. The van der Waals surface area contributed by atoms with Crippen molar-refractivity contribution in [3.8, 4) is 17.6 Å². The standard InChI is InChI=1S/C23H15N3O3/c24-14-15-5-4-8-19(13-15)29-18-11-9-17(10-12-18)25-21-20(22(27)26-23(21)28)16-6-2-1-3-7-16/h1-13H,(H2,25,26,27,28). The second-order valence-electron chi connectivity index (χ2n) is 6.29. The van der Waals surface area contributed by atoms with Crippen molar-refractivity contribution in [3.05, 3.63) is 95.7 Å². The predicted molar refractivity (Wildman–Crippen MR) is 108 cm³/mol. The van der Waals surface area contributed by atoms with E-state index in [1.165, 1.54) is 0 Å². The zero-order chi connectivity index (χ0) is 20.2. The van der Waals surface area contributed by atoms with Gasteiger partial charge in [0.15, 0.2) is 0 Å². The van der Waals surface area contributed by atoms with E-state index in [2.05, 4.69) is 16.7 Å². The molecule has 0 aromatic heterocycles. The van der Waals surface area contributed by atoms with Crippen molar-refractivity contribution in [2.24, 2.45) is 0 Å². The normalized spacial score (nSPS) is 13.1. The third-order valence-electron chi connectivity index (χ3n) is 4.32. The molecule has 0 saturated heterocycles. The maximum absolute atomic E-state index is 12.2. The van der Waals surface area contributed by atoms with Crippen molar-refractivity contribution in [1.29, 1.82) is 5.26 Å². The quantitative estimate of drug-likeness (QED) is 0.656. The van der Waals surface area contributed by atoms with E-state index in [9.17, 15) is 9.59 Å². The van der Waals surface area contributed by atoms with E-state index in [0.29, 0.717) is 33.9 Å². The average Bonchev–Trinajstić information content (AvgIpc) is 3.03. The number of ether oxygens (including phenoxy) is 1. The van der Waals surface area contributed by atoms with Gasteiger partial charge < -0.3 is 10.1 Å². The van der Waals surface area contributed by atoms with Gasteiger partial charge in [-0.2, -0.15) is 5.26 Å². The molecule has 0 fully saturated rings. The number of benzene rings is 3. The molecule has 2 N–H and O–H groups in total. The summed E-state index contributed by atoms with van der Waals surface area (Å²) in [5.74, 6) is 0.234. The van der Waals surface area contributed by atoms with Gasteiger partial charge >= 0.3 is 0 Å². The number of nitriles is 1. The summed E-state index contributed by atoms with van der Waals surface area (Å²) in [6.45, 7) is 0. The van der Waals surface area contributed by atoms with Crippen LogP contribution in [-0.2, 0) is 9.59 Å². The van der Waals surface area contributed by atoms with Gasteiger partial charge in [0.1, 0.15) is 17.2 Å². The zero-order valence-electron chi connectivity index (χ0n) is 15.2. The fourth-order valence-corrected chi connectivity index (χ4v) is 2.97. The lowest BCUT2D eigenvalue weighted by molar-refractivity contribution is -0.123. The average molecular weight is 381 g/mol. The molecule has 6 heteroatoms. The lowest BCUT2D eigenvalue weighted by Crippen LogP contribution is -2.24. The Hall–Kier alpha value is -4.37. The van der Waals surface area contributed by atoms with E-state index >= 15 is 0 Å². The van der Waals surface area contributed by atoms with Crippen LogP contribution in [0.5, 0.6) is 11.5 Å².